The van der Waals surface area contributed by atoms with Crippen LogP contribution in [0, 0.1) is 0 Å². The highest BCUT2D eigenvalue weighted by Crippen LogP contribution is 2.12. The number of carbonyl (C=O) groups is 1. The van der Waals surface area contributed by atoms with Crippen LogP contribution in [0.2, 0.25) is 0 Å². The Balaban J connectivity index is 1.97. The average molecular weight is 374 g/mol. The van der Waals surface area contributed by atoms with Gasteiger partial charge in [-0.1, -0.05) is 69.7 Å². The zero-order valence-electron chi connectivity index (χ0n) is 17.2. The van der Waals surface area contributed by atoms with Crippen LogP contribution < -0.4 is 5.32 Å². The number of aryl methyl sites for hydroxylation is 1. The maximum atomic E-state index is 10.5. The molecule has 1 aromatic rings. The van der Waals surface area contributed by atoms with E-state index in [0.717, 1.165) is 31.5 Å². The third kappa shape index (κ3) is 14.0. The van der Waals surface area contributed by atoms with Gasteiger partial charge in [0.25, 0.3) is 0 Å². The Morgan fingerprint density at radius 1 is 0.889 bits per heavy atom. The van der Waals surface area contributed by atoms with Crippen molar-refractivity contribution >= 4 is 11.7 Å². The lowest BCUT2D eigenvalue weighted by Crippen LogP contribution is -2.01. The summed E-state index contributed by atoms with van der Waals surface area (Å²) in [7, 11) is 0. The summed E-state index contributed by atoms with van der Waals surface area (Å²) in [5.41, 5.74) is 2.35. The molecule has 3 heteroatoms. The van der Waals surface area contributed by atoms with Gasteiger partial charge in [-0.15, -0.1) is 0 Å². The Labute approximate surface area is 166 Å². The number of rotatable bonds is 17. The number of anilines is 1. The van der Waals surface area contributed by atoms with E-state index in [1.54, 1.807) is 0 Å². The smallest absolute Gasteiger partial charge is 0.303 e. The van der Waals surface area contributed by atoms with Gasteiger partial charge < -0.3 is 10.4 Å². The van der Waals surface area contributed by atoms with Crippen LogP contribution in [0.5, 0.6) is 0 Å². The Bertz CT molecular complexity index is 508. The second kappa shape index (κ2) is 16.4. The maximum Gasteiger partial charge on any atom is 0.303 e. The van der Waals surface area contributed by atoms with Crippen LogP contribution in [0.15, 0.2) is 36.4 Å². The van der Waals surface area contributed by atoms with Gasteiger partial charge in [0.15, 0.2) is 0 Å². The largest absolute Gasteiger partial charge is 0.481 e. The van der Waals surface area contributed by atoms with Gasteiger partial charge in [0, 0.05) is 18.7 Å². The van der Waals surface area contributed by atoms with E-state index < -0.39 is 5.97 Å². The van der Waals surface area contributed by atoms with E-state index in [4.69, 9.17) is 5.11 Å². The molecule has 27 heavy (non-hydrogen) atoms. The minimum absolute atomic E-state index is 0.243. The highest BCUT2D eigenvalue weighted by molar-refractivity contribution is 5.66. The first-order valence-electron chi connectivity index (χ1n) is 10.9. The molecule has 0 radical (unpaired) electrons. The normalized spacial score (nSPS) is 11.1. The zero-order chi connectivity index (χ0) is 19.6. The fourth-order valence-corrected chi connectivity index (χ4v) is 3.14. The van der Waals surface area contributed by atoms with E-state index in [1.807, 2.05) is 0 Å². The first-order chi connectivity index (χ1) is 13.2. The number of allylic oxidation sites excluding steroid dienone is 2. The van der Waals surface area contributed by atoms with Crippen LogP contribution in [-0.4, -0.2) is 17.6 Å². The molecule has 0 bridgehead atoms. The lowest BCUT2D eigenvalue weighted by molar-refractivity contribution is -0.137. The number of aliphatic carboxylic acids is 1. The second-order valence-electron chi connectivity index (χ2n) is 7.39. The number of carboxylic acids is 1. The van der Waals surface area contributed by atoms with E-state index in [1.165, 1.54) is 56.9 Å². The molecule has 2 N–H and O–H groups in total. The fourth-order valence-electron chi connectivity index (χ4n) is 3.14. The van der Waals surface area contributed by atoms with Crippen LogP contribution >= 0.6 is 0 Å². The van der Waals surface area contributed by atoms with E-state index in [9.17, 15) is 4.79 Å². The first-order valence-corrected chi connectivity index (χ1v) is 10.9. The summed E-state index contributed by atoms with van der Waals surface area (Å²) in [4.78, 5) is 10.5. The molecule has 3 nitrogen and oxygen atoms in total. The summed E-state index contributed by atoms with van der Waals surface area (Å²) in [5.74, 6) is -0.718. The molecule has 0 saturated heterocycles. The number of hydrogen-bond acceptors (Lipinski definition) is 2. The molecule has 0 saturated carbocycles. The maximum absolute atomic E-state index is 10.5. The van der Waals surface area contributed by atoms with Crippen molar-refractivity contribution in [1.82, 2.24) is 0 Å². The molecule has 0 fully saturated rings. The van der Waals surface area contributed by atoms with Crippen LogP contribution in [-0.2, 0) is 11.2 Å². The molecule has 1 rings (SSSR count). The van der Waals surface area contributed by atoms with Crippen molar-refractivity contribution in [2.75, 3.05) is 11.9 Å². The monoisotopic (exact) mass is 373 g/mol. The van der Waals surface area contributed by atoms with E-state index in [-0.39, 0.29) is 6.42 Å². The predicted octanol–water partition coefficient (Wildman–Crippen LogP) is 6.98. The van der Waals surface area contributed by atoms with Crippen molar-refractivity contribution in [3.8, 4) is 0 Å². The Morgan fingerprint density at radius 3 is 2.19 bits per heavy atom. The van der Waals surface area contributed by atoms with E-state index in [2.05, 4.69) is 48.7 Å². The highest BCUT2D eigenvalue weighted by atomic mass is 16.4. The predicted molar refractivity (Wildman–Crippen MR) is 116 cm³/mol. The molecule has 152 valence electrons. The SMILES string of the molecule is CCCCCCCCCC=CCCCNc1ccc(CCCC(=O)O)cc1. The van der Waals surface area contributed by atoms with Crippen molar-refractivity contribution in [2.24, 2.45) is 0 Å². The summed E-state index contributed by atoms with van der Waals surface area (Å²) >= 11 is 0. The Kier molecular flexibility index (Phi) is 14.1. The van der Waals surface area contributed by atoms with E-state index in [0.29, 0.717) is 6.42 Å². The molecular weight excluding hydrogens is 334 g/mol. The topological polar surface area (TPSA) is 49.3 Å². The fraction of sp³-hybridized carbons (Fsp3) is 0.625. The van der Waals surface area contributed by atoms with Gasteiger partial charge in [0.1, 0.15) is 0 Å². The lowest BCUT2D eigenvalue weighted by Gasteiger charge is -2.06. The van der Waals surface area contributed by atoms with Gasteiger partial charge in [-0.2, -0.15) is 0 Å². The van der Waals surface area contributed by atoms with Gasteiger partial charge in [-0.3, -0.25) is 4.79 Å². The molecule has 0 heterocycles. The minimum Gasteiger partial charge on any atom is -0.481 e. The third-order valence-electron chi connectivity index (χ3n) is 4.83. The summed E-state index contributed by atoms with van der Waals surface area (Å²) in [6, 6.07) is 8.36. The average Bonchev–Trinajstić information content (AvgIpc) is 2.66. The van der Waals surface area contributed by atoms with Crippen LogP contribution in [0.1, 0.15) is 89.5 Å². The van der Waals surface area contributed by atoms with Crippen molar-refractivity contribution in [3.05, 3.63) is 42.0 Å². The van der Waals surface area contributed by atoms with E-state index >= 15 is 0 Å². The zero-order valence-corrected chi connectivity index (χ0v) is 17.2. The van der Waals surface area contributed by atoms with Crippen molar-refractivity contribution in [1.29, 1.82) is 0 Å². The Morgan fingerprint density at radius 2 is 1.52 bits per heavy atom. The number of benzene rings is 1. The second-order valence-corrected chi connectivity index (χ2v) is 7.39. The molecular formula is C24H39NO2. The van der Waals surface area contributed by atoms with Crippen molar-refractivity contribution in [3.63, 3.8) is 0 Å². The van der Waals surface area contributed by atoms with Crippen LogP contribution in [0.4, 0.5) is 5.69 Å². The number of unbranched alkanes of at least 4 members (excludes halogenated alkanes) is 8. The summed E-state index contributed by atoms with van der Waals surface area (Å²) in [6.07, 6.45) is 19.6. The van der Waals surface area contributed by atoms with Crippen molar-refractivity contribution in [2.45, 2.75) is 90.4 Å². The number of carboxylic acid groups (broad SMARTS) is 1. The van der Waals surface area contributed by atoms with Gasteiger partial charge in [0.2, 0.25) is 0 Å². The Hall–Kier alpha value is -1.77. The summed E-state index contributed by atoms with van der Waals surface area (Å²) < 4.78 is 0. The first kappa shape index (κ1) is 23.3. The molecule has 0 unspecified atom stereocenters. The molecule has 0 aromatic heterocycles. The molecule has 0 atom stereocenters. The number of nitrogens with one attached hydrogen (secondary N) is 1. The van der Waals surface area contributed by atoms with Crippen molar-refractivity contribution < 1.29 is 9.90 Å². The standard InChI is InChI=1S/C24H39NO2/c1-2-3-4-5-6-7-8-9-10-11-12-13-21-25-23-19-17-22(18-20-23)15-14-16-24(26)27/h10-11,17-20,25H,2-9,12-16,21H2,1H3,(H,26,27). The van der Waals surface area contributed by atoms with Gasteiger partial charge in [-0.25, -0.2) is 0 Å². The lowest BCUT2D eigenvalue weighted by atomic mass is 10.1. The van der Waals surface area contributed by atoms with Crippen LogP contribution in [0.3, 0.4) is 0 Å². The summed E-state index contributed by atoms with van der Waals surface area (Å²) in [5, 5.41) is 12.1. The molecule has 0 spiro atoms. The molecule has 0 aliphatic rings. The van der Waals surface area contributed by atoms with Gasteiger partial charge >= 0.3 is 5.97 Å². The minimum atomic E-state index is -0.718. The van der Waals surface area contributed by atoms with Crippen LogP contribution in [0.25, 0.3) is 0 Å². The molecule has 0 aliphatic heterocycles. The number of hydrogen-bond donors (Lipinski definition) is 2. The molecule has 1 aromatic carbocycles. The molecule has 0 amide bonds. The van der Waals surface area contributed by atoms with Gasteiger partial charge in [0.05, 0.1) is 0 Å². The highest BCUT2D eigenvalue weighted by Gasteiger charge is 1.99. The summed E-state index contributed by atoms with van der Waals surface area (Å²) in [6.45, 7) is 3.25. The molecule has 0 aliphatic carbocycles. The third-order valence-corrected chi connectivity index (χ3v) is 4.83. The quantitative estimate of drug-likeness (QED) is 0.229. The van der Waals surface area contributed by atoms with Gasteiger partial charge in [-0.05, 0) is 56.2 Å².